The van der Waals surface area contributed by atoms with Crippen LogP contribution in [-0.2, 0) is 0 Å². The first-order valence-corrected chi connectivity index (χ1v) is 5.69. The maximum Gasteiger partial charge on any atom is 0.0409 e. The Morgan fingerprint density at radius 2 is 2.29 bits per heavy atom. The van der Waals surface area contributed by atoms with Crippen LogP contribution in [0.3, 0.4) is 0 Å². The van der Waals surface area contributed by atoms with E-state index in [1.54, 1.807) is 0 Å². The molecule has 1 atom stereocenters. The highest BCUT2D eigenvalue weighted by Gasteiger charge is 2.24. The number of benzene rings is 1. The number of hydrogen-bond donors (Lipinski definition) is 1. The minimum atomic E-state index is 0.473. The van der Waals surface area contributed by atoms with Gasteiger partial charge in [-0.15, -0.1) is 0 Å². The van der Waals surface area contributed by atoms with Gasteiger partial charge in [-0.3, -0.25) is 0 Å². The molecule has 0 aromatic heterocycles. The smallest absolute Gasteiger partial charge is 0.0409 e. The van der Waals surface area contributed by atoms with Crippen molar-refractivity contribution in [2.45, 2.75) is 38.3 Å². The van der Waals surface area contributed by atoms with Crippen LogP contribution in [0.25, 0.3) is 0 Å². The average Bonchev–Trinajstić information content (AvgIpc) is 2.98. The van der Waals surface area contributed by atoms with Crippen LogP contribution in [0.1, 0.15) is 37.8 Å². The summed E-state index contributed by atoms with van der Waals surface area (Å²) in [5.41, 5.74) is 1.31. The van der Waals surface area contributed by atoms with E-state index < -0.39 is 0 Å². The summed E-state index contributed by atoms with van der Waals surface area (Å²) in [5.74, 6) is 0. The van der Waals surface area contributed by atoms with E-state index in [0.717, 1.165) is 17.5 Å². The fraction of sp³-hybridized carbons (Fsp3) is 0.500. The Bertz CT molecular complexity index is 307. The van der Waals surface area contributed by atoms with E-state index in [0.29, 0.717) is 6.04 Å². The zero-order valence-electron chi connectivity index (χ0n) is 8.46. The van der Waals surface area contributed by atoms with Gasteiger partial charge in [-0.2, -0.15) is 0 Å². The normalized spacial score (nSPS) is 18.1. The Balaban J connectivity index is 2.08. The van der Waals surface area contributed by atoms with Crippen LogP contribution in [0, 0.1) is 0 Å². The number of hydrogen-bond acceptors (Lipinski definition) is 1. The van der Waals surface area contributed by atoms with E-state index in [4.69, 9.17) is 11.6 Å². The van der Waals surface area contributed by atoms with Crippen molar-refractivity contribution in [3.63, 3.8) is 0 Å². The van der Waals surface area contributed by atoms with Crippen molar-refractivity contribution < 1.29 is 0 Å². The highest BCUT2D eigenvalue weighted by molar-refractivity contribution is 6.30. The molecule has 1 aliphatic carbocycles. The van der Waals surface area contributed by atoms with E-state index in [1.165, 1.54) is 18.4 Å². The largest absolute Gasteiger partial charge is 0.307 e. The minimum absolute atomic E-state index is 0.473. The monoisotopic (exact) mass is 209 g/mol. The molecule has 76 valence electrons. The van der Waals surface area contributed by atoms with Gasteiger partial charge in [0.2, 0.25) is 0 Å². The molecule has 0 radical (unpaired) electrons. The van der Waals surface area contributed by atoms with Crippen molar-refractivity contribution >= 4 is 11.6 Å². The van der Waals surface area contributed by atoms with Gasteiger partial charge < -0.3 is 5.32 Å². The fourth-order valence-electron chi connectivity index (χ4n) is 1.71. The topological polar surface area (TPSA) is 12.0 Å². The van der Waals surface area contributed by atoms with Gasteiger partial charge in [-0.1, -0.05) is 30.7 Å². The van der Waals surface area contributed by atoms with E-state index in [9.17, 15) is 0 Å². The van der Waals surface area contributed by atoms with Crippen LogP contribution in [0.15, 0.2) is 24.3 Å². The molecule has 2 heteroatoms. The van der Waals surface area contributed by atoms with Crippen molar-refractivity contribution in [2.24, 2.45) is 0 Å². The van der Waals surface area contributed by atoms with Gasteiger partial charge in [-0.05, 0) is 37.0 Å². The molecule has 0 unspecified atom stereocenters. The van der Waals surface area contributed by atoms with Crippen LogP contribution in [0.5, 0.6) is 0 Å². The molecular weight excluding hydrogens is 194 g/mol. The molecule has 1 aliphatic rings. The first-order valence-electron chi connectivity index (χ1n) is 5.31. The third-order valence-corrected chi connectivity index (χ3v) is 2.91. The minimum Gasteiger partial charge on any atom is -0.307 e. The molecule has 1 aromatic rings. The summed E-state index contributed by atoms with van der Waals surface area (Å²) in [7, 11) is 0. The van der Waals surface area contributed by atoms with Gasteiger partial charge in [0.05, 0.1) is 0 Å². The zero-order chi connectivity index (χ0) is 9.97. The van der Waals surface area contributed by atoms with Crippen molar-refractivity contribution in [1.82, 2.24) is 5.32 Å². The molecule has 1 N–H and O–H groups in total. The summed E-state index contributed by atoms with van der Waals surface area (Å²) >= 11 is 5.97. The molecule has 0 heterocycles. The first kappa shape index (κ1) is 10.0. The van der Waals surface area contributed by atoms with Gasteiger partial charge in [0.15, 0.2) is 0 Å². The van der Waals surface area contributed by atoms with Crippen LogP contribution >= 0.6 is 11.6 Å². The molecule has 0 amide bonds. The third-order valence-electron chi connectivity index (χ3n) is 2.67. The quantitative estimate of drug-likeness (QED) is 0.800. The number of rotatable bonds is 4. The lowest BCUT2D eigenvalue weighted by Gasteiger charge is -2.17. The molecule has 1 saturated carbocycles. The van der Waals surface area contributed by atoms with Gasteiger partial charge in [-0.25, -0.2) is 0 Å². The highest BCUT2D eigenvalue weighted by Crippen LogP contribution is 2.26. The lowest BCUT2D eigenvalue weighted by Crippen LogP contribution is -2.22. The van der Waals surface area contributed by atoms with Crippen LogP contribution < -0.4 is 5.32 Å². The molecule has 2 rings (SSSR count). The van der Waals surface area contributed by atoms with Crippen molar-refractivity contribution in [3.8, 4) is 0 Å². The van der Waals surface area contributed by atoms with Crippen LogP contribution in [0.2, 0.25) is 5.02 Å². The number of nitrogens with one attached hydrogen (secondary N) is 1. The molecule has 0 bridgehead atoms. The maximum atomic E-state index is 5.97. The summed E-state index contributed by atoms with van der Waals surface area (Å²) in [6.07, 6.45) is 3.78. The molecular formula is C12H16ClN. The molecule has 14 heavy (non-hydrogen) atoms. The van der Waals surface area contributed by atoms with Crippen LogP contribution in [0.4, 0.5) is 0 Å². The lowest BCUT2D eigenvalue weighted by atomic mass is 10.0. The number of halogens is 1. The van der Waals surface area contributed by atoms with Crippen molar-refractivity contribution in [3.05, 3.63) is 34.9 Å². The van der Waals surface area contributed by atoms with Gasteiger partial charge in [0, 0.05) is 17.1 Å². The lowest BCUT2D eigenvalue weighted by molar-refractivity contribution is 0.516. The predicted octanol–water partition coefficient (Wildman–Crippen LogP) is 3.54. The SMILES string of the molecule is CC[C@H](NC1CC1)c1cccc(Cl)c1. The maximum absolute atomic E-state index is 5.97. The standard InChI is InChI=1S/C12H16ClN/c1-2-12(14-11-6-7-11)9-4-3-5-10(13)8-9/h3-5,8,11-12,14H,2,6-7H2,1H3/t12-/m0/s1. The molecule has 1 fully saturated rings. The molecule has 1 nitrogen and oxygen atoms in total. The van der Waals surface area contributed by atoms with Crippen LogP contribution in [-0.4, -0.2) is 6.04 Å². The Labute approximate surface area is 90.5 Å². The second-order valence-corrected chi connectivity index (χ2v) is 4.39. The second kappa shape index (κ2) is 4.33. The van der Waals surface area contributed by atoms with Crippen molar-refractivity contribution in [1.29, 1.82) is 0 Å². The molecule has 0 spiro atoms. The predicted molar refractivity (Wildman–Crippen MR) is 60.6 cm³/mol. The summed E-state index contributed by atoms with van der Waals surface area (Å²) < 4.78 is 0. The summed E-state index contributed by atoms with van der Waals surface area (Å²) in [4.78, 5) is 0. The van der Waals surface area contributed by atoms with E-state index >= 15 is 0 Å². The summed E-state index contributed by atoms with van der Waals surface area (Å²) in [6.45, 7) is 2.21. The molecule has 0 saturated heterocycles. The first-order chi connectivity index (χ1) is 6.79. The Kier molecular flexibility index (Phi) is 3.09. The van der Waals surface area contributed by atoms with Gasteiger partial charge in [0.1, 0.15) is 0 Å². The molecule has 0 aliphatic heterocycles. The third kappa shape index (κ3) is 2.49. The molecule has 1 aromatic carbocycles. The van der Waals surface area contributed by atoms with Gasteiger partial charge >= 0.3 is 0 Å². The van der Waals surface area contributed by atoms with Gasteiger partial charge in [0.25, 0.3) is 0 Å². The highest BCUT2D eigenvalue weighted by atomic mass is 35.5. The average molecular weight is 210 g/mol. The van der Waals surface area contributed by atoms with E-state index in [1.807, 2.05) is 12.1 Å². The summed E-state index contributed by atoms with van der Waals surface area (Å²) in [6, 6.07) is 9.38. The summed E-state index contributed by atoms with van der Waals surface area (Å²) in [5, 5.41) is 4.46. The fourth-order valence-corrected chi connectivity index (χ4v) is 1.91. The Hall–Kier alpha value is -0.530. The second-order valence-electron chi connectivity index (χ2n) is 3.96. The zero-order valence-corrected chi connectivity index (χ0v) is 9.22. The van der Waals surface area contributed by atoms with Crippen molar-refractivity contribution in [2.75, 3.05) is 0 Å². The van der Waals surface area contributed by atoms with E-state index in [-0.39, 0.29) is 0 Å². The Morgan fingerprint density at radius 1 is 1.50 bits per heavy atom. The Morgan fingerprint density at radius 3 is 2.86 bits per heavy atom. The van der Waals surface area contributed by atoms with E-state index in [2.05, 4.69) is 24.4 Å².